The molecule has 1 fully saturated rings. The number of aromatic nitrogens is 3. The molecule has 2 aromatic carbocycles. The molecule has 0 bridgehead atoms. The minimum Gasteiger partial charge on any atom is -0.369 e. The van der Waals surface area contributed by atoms with Crippen LogP contribution in [0, 0.1) is 17.1 Å². The number of aromatic amines is 1. The molecule has 0 saturated carbocycles. The largest absolute Gasteiger partial charge is 0.369 e. The zero-order valence-electron chi connectivity index (χ0n) is 17.1. The lowest BCUT2D eigenvalue weighted by atomic mass is 9.99. The van der Waals surface area contributed by atoms with Gasteiger partial charge in [0.15, 0.2) is 0 Å². The average molecular weight is 447 g/mol. The highest BCUT2D eigenvalue weighted by Gasteiger charge is 2.26. The third kappa shape index (κ3) is 3.48. The highest BCUT2D eigenvalue weighted by molar-refractivity contribution is 6.17. The third-order valence-electron chi connectivity index (χ3n) is 5.85. The number of fused-ring (bicyclic) bond motifs is 1. The summed E-state index contributed by atoms with van der Waals surface area (Å²) in [6.45, 7) is 1.47. The van der Waals surface area contributed by atoms with Crippen molar-refractivity contribution >= 4 is 28.3 Å². The molecule has 0 unspecified atom stereocenters. The van der Waals surface area contributed by atoms with Crippen LogP contribution in [0.5, 0.6) is 0 Å². The van der Waals surface area contributed by atoms with Gasteiger partial charge in [0.2, 0.25) is 0 Å². The molecule has 3 heterocycles. The first-order valence-corrected chi connectivity index (χ1v) is 10.8. The summed E-state index contributed by atoms with van der Waals surface area (Å²) in [6.07, 6.45) is 4.38. The molecule has 1 atom stereocenters. The number of H-pyrrole nitrogens is 1. The fourth-order valence-electron chi connectivity index (χ4n) is 4.27. The first-order valence-electron chi connectivity index (χ1n) is 10.3. The van der Waals surface area contributed by atoms with Crippen molar-refractivity contribution in [1.29, 1.82) is 5.26 Å². The molecule has 4 aromatic rings. The molecule has 5 rings (SSSR count). The number of nitriles is 1. The Bertz CT molecular complexity index is 1360. The zero-order valence-corrected chi connectivity index (χ0v) is 17.9. The number of pyridine rings is 1. The minimum atomic E-state index is -0.545. The molecule has 1 aliphatic rings. The molecule has 0 spiro atoms. The fourth-order valence-corrected chi connectivity index (χ4v) is 4.49. The van der Waals surface area contributed by atoms with E-state index in [2.05, 4.69) is 14.9 Å². The van der Waals surface area contributed by atoms with Crippen molar-refractivity contribution < 1.29 is 4.39 Å². The highest BCUT2D eigenvalue weighted by atomic mass is 35.5. The van der Waals surface area contributed by atoms with Gasteiger partial charge in [-0.15, -0.1) is 11.6 Å². The van der Waals surface area contributed by atoms with E-state index in [-0.39, 0.29) is 11.6 Å². The van der Waals surface area contributed by atoms with Gasteiger partial charge >= 0.3 is 0 Å². The van der Waals surface area contributed by atoms with E-state index < -0.39 is 5.82 Å². The van der Waals surface area contributed by atoms with Gasteiger partial charge in [-0.25, -0.2) is 9.37 Å². The van der Waals surface area contributed by atoms with Gasteiger partial charge < -0.3 is 15.6 Å². The number of nitrogens with two attached hydrogens (primary N) is 1. The number of imidazole rings is 1. The van der Waals surface area contributed by atoms with E-state index in [0.717, 1.165) is 46.4 Å². The predicted molar refractivity (Wildman–Crippen MR) is 124 cm³/mol. The number of nitrogens with zero attached hydrogens (tertiary/aromatic N) is 4. The molecule has 2 aromatic heterocycles. The fraction of sp³-hybridized carbons (Fsp3) is 0.208. The van der Waals surface area contributed by atoms with E-state index in [1.807, 2.05) is 24.3 Å². The van der Waals surface area contributed by atoms with Crippen LogP contribution in [-0.4, -0.2) is 34.1 Å². The lowest BCUT2D eigenvalue weighted by Gasteiger charge is -2.24. The van der Waals surface area contributed by atoms with Crippen molar-refractivity contribution in [1.82, 2.24) is 15.0 Å². The standard InChI is InChI=1S/C24H20ClFN6/c25-9-15-2-1-3-21-22(15)31-24(30-21)19-12-29-11-18(23(19)32-7-6-17(28)13-32)14-4-5-20(26)16(8-14)10-27/h1-5,8,11-12,17H,6-7,9,13,28H2,(H,30,31)/t17-/m0/s1. The maximum Gasteiger partial charge on any atom is 0.142 e. The molecule has 0 radical (unpaired) electrons. The second-order valence-corrected chi connectivity index (χ2v) is 8.18. The maximum absolute atomic E-state index is 14.0. The van der Waals surface area contributed by atoms with Gasteiger partial charge in [0.25, 0.3) is 0 Å². The van der Waals surface area contributed by atoms with Crippen LogP contribution >= 0.6 is 11.6 Å². The molecule has 1 saturated heterocycles. The molecular weight excluding hydrogens is 427 g/mol. The topological polar surface area (TPSA) is 94.6 Å². The van der Waals surface area contributed by atoms with E-state index in [0.29, 0.717) is 23.8 Å². The minimum absolute atomic E-state index is 0.00697. The summed E-state index contributed by atoms with van der Waals surface area (Å²) < 4.78 is 14.0. The third-order valence-corrected chi connectivity index (χ3v) is 6.14. The summed E-state index contributed by atoms with van der Waals surface area (Å²) in [5.74, 6) is 0.487. The van der Waals surface area contributed by atoms with E-state index in [1.54, 1.807) is 24.5 Å². The molecule has 8 heteroatoms. The monoisotopic (exact) mass is 446 g/mol. The number of nitrogens with one attached hydrogen (secondary N) is 1. The van der Waals surface area contributed by atoms with Crippen molar-refractivity contribution in [3.63, 3.8) is 0 Å². The van der Waals surface area contributed by atoms with Crippen LogP contribution in [-0.2, 0) is 5.88 Å². The Hall–Kier alpha value is -3.47. The smallest absolute Gasteiger partial charge is 0.142 e. The molecule has 160 valence electrons. The Labute approximate surface area is 189 Å². The Kier molecular flexibility index (Phi) is 5.25. The summed E-state index contributed by atoms with van der Waals surface area (Å²) >= 11 is 6.11. The Morgan fingerprint density at radius 3 is 2.84 bits per heavy atom. The van der Waals surface area contributed by atoms with Gasteiger partial charge in [0.1, 0.15) is 17.7 Å². The SMILES string of the molecule is N#Cc1cc(-c2cncc(-c3nc4c(CCl)cccc4[nH]3)c2N2CC[C@H](N)C2)ccc1F. The molecule has 6 nitrogen and oxygen atoms in total. The van der Waals surface area contributed by atoms with E-state index in [1.165, 1.54) is 6.07 Å². The number of hydrogen-bond donors (Lipinski definition) is 2. The lowest BCUT2D eigenvalue weighted by Crippen LogP contribution is -2.27. The van der Waals surface area contributed by atoms with Crippen molar-refractivity contribution in [2.45, 2.75) is 18.3 Å². The first-order chi connectivity index (χ1) is 15.6. The van der Waals surface area contributed by atoms with Crippen LogP contribution in [0.25, 0.3) is 33.5 Å². The number of benzene rings is 2. The van der Waals surface area contributed by atoms with Crippen LogP contribution < -0.4 is 10.6 Å². The Morgan fingerprint density at radius 2 is 2.09 bits per heavy atom. The number of halogens is 2. The van der Waals surface area contributed by atoms with Crippen molar-refractivity contribution in [3.05, 3.63) is 65.7 Å². The van der Waals surface area contributed by atoms with Crippen LogP contribution in [0.4, 0.5) is 10.1 Å². The number of rotatable bonds is 4. The Morgan fingerprint density at radius 1 is 1.25 bits per heavy atom. The van der Waals surface area contributed by atoms with Crippen LogP contribution in [0.2, 0.25) is 0 Å². The van der Waals surface area contributed by atoms with Crippen LogP contribution in [0.15, 0.2) is 48.8 Å². The average Bonchev–Trinajstić information content (AvgIpc) is 3.45. The first kappa shape index (κ1) is 20.4. The molecule has 1 aliphatic heterocycles. The van der Waals surface area contributed by atoms with Gasteiger partial charge in [-0.1, -0.05) is 18.2 Å². The van der Waals surface area contributed by atoms with Crippen LogP contribution in [0.1, 0.15) is 17.5 Å². The molecule has 3 N–H and O–H groups in total. The van der Waals surface area contributed by atoms with E-state index in [4.69, 9.17) is 22.3 Å². The van der Waals surface area contributed by atoms with Crippen molar-refractivity contribution in [3.8, 4) is 28.6 Å². The quantitative estimate of drug-likeness (QED) is 0.447. The number of alkyl halides is 1. The Balaban J connectivity index is 1.74. The van der Waals surface area contributed by atoms with Crippen molar-refractivity contribution in [2.75, 3.05) is 18.0 Å². The van der Waals surface area contributed by atoms with Gasteiger partial charge in [-0.2, -0.15) is 5.26 Å². The maximum atomic E-state index is 14.0. The number of para-hydroxylation sites is 1. The lowest BCUT2D eigenvalue weighted by molar-refractivity contribution is 0.624. The van der Waals surface area contributed by atoms with Gasteiger partial charge in [0.05, 0.1) is 27.8 Å². The summed E-state index contributed by atoms with van der Waals surface area (Å²) in [4.78, 5) is 14.9. The highest BCUT2D eigenvalue weighted by Crippen LogP contribution is 2.40. The molecular formula is C24H20ClFN6. The van der Waals surface area contributed by atoms with Gasteiger partial charge in [-0.3, -0.25) is 4.98 Å². The zero-order chi connectivity index (χ0) is 22.2. The predicted octanol–water partition coefficient (Wildman–Crippen LogP) is 4.58. The molecule has 0 amide bonds. The van der Waals surface area contributed by atoms with Gasteiger partial charge in [0, 0.05) is 43.0 Å². The second kappa shape index (κ2) is 8.23. The summed E-state index contributed by atoms with van der Waals surface area (Å²) in [6, 6.07) is 12.4. The van der Waals surface area contributed by atoms with Gasteiger partial charge in [-0.05, 0) is 35.7 Å². The number of anilines is 1. The summed E-state index contributed by atoms with van der Waals surface area (Å²) in [7, 11) is 0. The summed E-state index contributed by atoms with van der Waals surface area (Å²) in [5.41, 5.74) is 12.1. The number of hydrogen-bond acceptors (Lipinski definition) is 5. The van der Waals surface area contributed by atoms with Crippen molar-refractivity contribution in [2.24, 2.45) is 5.73 Å². The second-order valence-electron chi connectivity index (χ2n) is 7.92. The van der Waals surface area contributed by atoms with Crippen LogP contribution in [0.3, 0.4) is 0 Å². The van der Waals surface area contributed by atoms with E-state index in [9.17, 15) is 9.65 Å². The molecule has 0 aliphatic carbocycles. The van der Waals surface area contributed by atoms with E-state index >= 15 is 0 Å². The normalized spacial score (nSPS) is 15.9. The molecule has 32 heavy (non-hydrogen) atoms. The summed E-state index contributed by atoms with van der Waals surface area (Å²) in [5, 5.41) is 9.31.